The third kappa shape index (κ3) is 3.70. The number of nitrogens with zero attached hydrogens (tertiary/aromatic N) is 3. The predicted octanol–water partition coefficient (Wildman–Crippen LogP) is 5.28. The van der Waals surface area contributed by atoms with E-state index < -0.39 is 0 Å². The first-order valence-corrected chi connectivity index (χ1v) is 7.53. The van der Waals surface area contributed by atoms with Gasteiger partial charge >= 0.3 is 0 Å². The summed E-state index contributed by atoms with van der Waals surface area (Å²) in [5, 5.41) is 0. The van der Waals surface area contributed by atoms with Crippen LogP contribution < -0.4 is 4.90 Å². The van der Waals surface area contributed by atoms with Gasteiger partial charge in [0, 0.05) is 23.8 Å². The van der Waals surface area contributed by atoms with Crippen LogP contribution in [-0.2, 0) is 0 Å². The Labute approximate surface area is 132 Å². The van der Waals surface area contributed by atoms with Crippen molar-refractivity contribution in [2.75, 3.05) is 4.90 Å². The number of aryl methyl sites for hydroxylation is 1. The van der Waals surface area contributed by atoms with Gasteiger partial charge in [0.15, 0.2) is 0 Å². The Morgan fingerprint density at radius 3 is 1.50 bits per heavy atom. The van der Waals surface area contributed by atoms with Crippen LogP contribution in [0.15, 0.2) is 73.1 Å². The van der Waals surface area contributed by atoms with Crippen LogP contribution in [0.4, 0.5) is 17.3 Å². The Morgan fingerprint density at radius 1 is 0.682 bits per heavy atom. The molecule has 0 saturated carbocycles. The highest BCUT2D eigenvalue weighted by atomic mass is 15.3. The minimum absolute atomic E-state index is 0.674. The van der Waals surface area contributed by atoms with E-state index in [-0.39, 0.29) is 0 Å². The molecule has 112 valence electrons. The molecule has 0 radical (unpaired) electrons. The lowest BCUT2D eigenvalue weighted by atomic mass is 10.2. The summed E-state index contributed by atoms with van der Waals surface area (Å²) in [6.45, 7) is 5.99. The standard InChI is InChI=1S/C17H15N3.C2H6/c1-14-12-18-17(19-13-14)20(15-8-4-2-5-9-15)16-10-6-3-7-11-16;1-2/h2-13H,1H3;1-2H3. The number of anilines is 3. The molecule has 0 aliphatic heterocycles. The second-order valence-corrected chi connectivity index (χ2v) is 4.57. The molecule has 0 atom stereocenters. The predicted molar refractivity (Wildman–Crippen MR) is 92.8 cm³/mol. The first-order chi connectivity index (χ1) is 10.8. The second-order valence-electron chi connectivity index (χ2n) is 4.57. The Bertz CT molecular complexity index is 625. The van der Waals surface area contributed by atoms with Crippen LogP contribution >= 0.6 is 0 Å². The van der Waals surface area contributed by atoms with E-state index in [1.54, 1.807) is 0 Å². The first-order valence-electron chi connectivity index (χ1n) is 7.53. The van der Waals surface area contributed by atoms with Gasteiger partial charge in [-0.15, -0.1) is 0 Å². The van der Waals surface area contributed by atoms with Gasteiger partial charge in [0.2, 0.25) is 5.95 Å². The zero-order valence-electron chi connectivity index (χ0n) is 13.3. The molecular weight excluding hydrogens is 270 g/mol. The molecule has 1 heterocycles. The van der Waals surface area contributed by atoms with E-state index in [1.165, 1.54) is 0 Å². The number of rotatable bonds is 3. The molecule has 0 N–H and O–H groups in total. The zero-order valence-corrected chi connectivity index (χ0v) is 13.3. The number of hydrogen-bond acceptors (Lipinski definition) is 3. The molecule has 0 bridgehead atoms. The molecule has 1 aromatic heterocycles. The second kappa shape index (κ2) is 7.93. The van der Waals surface area contributed by atoms with Gasteiger partial charge in [-0.3, -0.25) is 4.90 Å². The van der Waals surface area contributed by atoms with Gasteiger partial charge in [-0.25, -0.2) is 9.97 Å². The third-order valence-electron chi connectivity index (χ3n) is 3.00. The van der Waals surface area contributed by atoms with Crippen LogP contribution in [0.5, 0.6) is 0 Å². The number of para-hydroxylation sites is 2. The van der Waals surface area contributed by atoms with Crippen LogP contribution in [0.25, 0.3) is 0 Å². The van der Waals surface area contributed by atoms with E-state index >= 15 is 0 Å². The normalized spacial score (nSPS) is 9.59. The molecule has 0 aliphatic carbocycles. The van der Waals surface area contributed by atoms with Gasteiger partial charge in [-0.1, -0.05) is 50.2 Å². The van der Waals surface area contributed by atoms with Gasteiger partial charge in [0.05, 0.1) is 0 Å². The Kier molecular flexibility index (Phi) is 5.66. The van der Waals surface area contributed by atoms with E-state index in [2.05, 4.69) is 34.2 Å². The molecule has 0 amide bonds. The summed E-state index contributed by atoms with van der Waals surface area (Å²) >= 11 is 0. The number of benzene rings is 2. The van der Waals surface area contributed by atoms with Gasteiger partial charge in [0.1, 0.15) is 0 Å². The van der Waals surface area contributed by atoms with Gasteiger partial charge in [0.25, 0.3) is 0 Å². The fraction of sp³-hybridized carbons (Fsp3) is 0.158. The first kappa shape index (κ1) is 15.7. The highest BCUT2D eigenvalue weighted by Crippen LogP contribution is 2.31. The topological polar surface area (TPSA) is 29.0 Å². The number of hydrogen-bond donors (Lipinski definition) is 0. The van der Waals surface area contributed by atoms with Gasteiger partial charge in [-0.2, -0.15) is 0 Å². The lowest BCUT2D eigenvalue weighted by molar-refractivity contribution is 1.06. The molecular formula is C19H21N3. The summed E-state index contributed by atoms with van der Waals surface area (Å²) in [4.78, 5) is 10.9. The molecule has 3 nitrogen and oxygen atoms in total. The minimum Gasteiger partial charge on any atom is -0.279 e. The average Bonchev–Trinajstić information content (AvgIpc) is 2.61. The number of aromatic nitrogens is 2. The van der Waals surface area contributed by atoms with Crippen LogP contribution in [0.1, 0.15) is 19.4 Å². The quantitative estimate of drug-likeness (QED) is 0.657. The monoisotopic (exact) mass is 291 g/mol. The van der Waals surface area contributed by atoms with E-state index in [0.29, 0.717) is 5.95 Å². The molecule has 0 saturated heterocycles. The van der Waals surface area contributed by atoms with Crippen molar-refractivity contribution in [1.82, 2.24) is 9.97 Å². The van der Waals surface area contributed by atoms with Crippen molar-refractivity contribution in [1.29, 1.82) is 0 Å². The SMILES string of the molecule is CC.Cc1cnc(N(c2ccccc2)c2ccccc2)nc1. The molecule has 3 rings (SSSR count). The van der Waals surface area contributed by atoms with Crippen molar-refractivity contribution in [3.05, 3.63) is 78.6 Å². The van der Waals surface area contributed by atoms with Crippen molar-refractivity contribution in [2.45, 2.75) is 20.8 Å². The fourth-order valence-electron chi connectivity index (χ4n) is 2.04. The highest BCUT2D eigenvalue weighted by Gasteiger charge is 2.13. The third-order valence-corrected chi connectivity index (χ3v) is 3.00. The maximum absolute atomic E-state index is 4.45. The minimum atomic E-state index is 0.674. The molecule has 2 aromatic carbocycles. The van der Waals surface area contributed by atoms with E-state index in [1.807, 2.05) is 74.5 Å². The van der Waals surface area contributed by atoms with Crippen molar-refractivity contribution >= 4 is 17.3 Å². The summed E-state index contributed by atoms with van der Waals surface area (Å²) in [6.07, 6.45) is 3.67. The summed E-state index contributed by atoms with van der Waals surface area (Å²) in [6, 6.07) is 20.3. The van der Waals surface area contributed by atoms with Crippen LogP contribution in [0.3, 0.4) is 0 Å². The lowest BCUT2D eigenvalue weighted by Crippen LogP contribution is -2.12. The Morgan fingerprint density at radius 2 is 1.09 bits per heavy atom. The van der Waals surface area contributed by atoms with Crippen LogP contribution in [0, 0.1) is 6.92 Å². The van der Waals surface area contributed by atoms with E-state index in [4.69, 9.17) is 0 Å². The molecule has 3 heteroatoms. The summed E-state index contributed by atoms with van der Waals surface area (Å²) in [7, 11) is 0. The van der Waals surface area contributed by atoms with Crippen LogP contribution in [-0.4, -0.2) is 9.97 Å². The van der Waals surface area contributed by atoms with E-state index in [9.17, 15) is 0 Å². The summed E-state index contributed by atoms with van der Waals surface area (Å²) in [5.74, 6) is 0.674. The smallest absolute Gasteiger partial charge is 0.234 e. The van der Waals surface area contributed by atoms with Crippen molar-refractivity contribution < 1.29 is 0 Å². The maximum atomic E-state index is 4.45. The molecule has 0 fully saturated rings. The van der Waals surface area contributed by atoms with Gasteiger partial charge in [-0.05, 0) is 36.8 Å². The molecule has 0 unspecified atom stereocenters. The van der Waals surface area contributed by atoms with E-state index in [0.717, 1.165) is 16.9 Å². The Hall–Kier alpha value is -2.68. The maximum Gasteiger partial charge on any atom is 0.234 e. The van der Waals surface area contributed by atoms with Crippen molar-refractivity contribution in [2.24, 2.45) is 0 Å². The molecule has 0 spiro atoms. The lowest BCUT2D eigenvalue weighted by Gasteiger charge is -2.22. The van der Waals surface area contributed by atoms with Crippen LogP contribution in [0.2, 0.25) is 0 Å². The highest BCUT2D eigenvalue weighted by molar-refractivity contribution is 5.72. The van der Waals surface area contributed by atoms with Gasteiger partial charge < -0.3 is 0 Å². The van der Waals surface area contributed by atoms with Crippen molar-refractivity contribution in [3.8, 4) is 0 Å². The fourth-order valence-corrected chi connectivity index (χ4v) is 2.04. The largest absolute Gasteiger partial charge is 0.279 e. The zero-order chi connectivity index (χ0) is 15.8. The molecule has 22 heavy (non-hydrogen) atoms. The molecule has 3 aromatic rings. The summed E-state index contributed by atoms with van der Waals surface area (Å²) in [5.41, 5.74) is 3.14. The molecule has 0 aliphatic rings. The summed E-state index contributed by atoms with van der Waals surface area (Å²) < 4.78 is 0. The van der Waals surface area contributed by atoms with Crippen molar-refractivity contribution in [3.63, 3.8) is 0 Å². The Balaban J connectivity index is 0.000000847. The average molecular weight is 291 g/mol.